The first-order valence-corrected chi connectivity index (χ1v) is 5.65. The van der Waals surface area contributed by atoms with Gasteiger partial charge in [0.15, 0.2) is 0 Å². The molecular weight excluding hydrogens is 272 g/mol. The third-order valence-corrected chi connectivity index (χ3v) is 3.11. The molecule has 1 saturated heterocycles. The van der Waals surface area contributed by atoms with E-state index in [9.17, 15) is 24.6 Å². The van der Waals surface area contributed by atoms with E-state index in [1.807, 2.05) is 4.98 Å². The quantitative estimate of drug-likeness (QED) is 0.426. The molecule has 0 aromatic carbocycles. The molecule has 1 fully saturated rings. The highest BCUT2D eigenvalue weighted by Gasteiger charge is 2.55. The highest BCUT2D eigenvalue weighted by atomic mass is 16.6. The molecule has 0 unspecified atom stereocenters. The molecule has 0 bridgehead atoms. The average molecular weight is 284 g/mol. The summed E-state index contributed by atoms with van der Waals surface area (Å²) >= 11 is 0. The van der Waals surface area contributed by atoms with Crippen LogP contribution in [0.2, 0.25) is 0 Å². The minimum atomic E-state index is -2.05. The molecule has 9 heteroatoms. The van der Waals surface area contributed by atoms with Crippen LogP contribution < -0.4 is 11.2 Å². The van der Waals surface area contributed by atoms with E-state index in [4.69, 9.17) is 9.84 Å². The van der Waals surface area contributed by atoms with Crippen LogP contribution in [0.5, 0.6) is 0 Å². The summed E-state index contributed by atoms with van der Waals surface area (Å²) in [6, 6.07) is 0.983. The van der Waals surface area contributed by atoms with Gasteiger partial charge in [-0.05, 0) is 0 Å². The molecule has 4 atom stereocenters. The van der Waals surface area contributed by atoms with Crippen molar-refractivity contribution in [1.82, 2.24) is 9.55 Å². The molecule has 0 amide bonds. The number of rotatable bonds is 3. The predicted octanol–water partition coefficient (Wildman–Crippen LogP) is -3.31. The summed E-state index contributed by atoms with van der Waals surface area (Å²) in [4.78, 5) is 35.4. The van der Waals surface area contributed by atoms with E-state index in [0.29, 0.717) is 6.08 Å². The molecule has 1 aliphatic rings. The Kier molecular flexibility index (Phi) is 3.71. The molecular formula is C11H12N2O7. The molecule has 2 heterocycles. The summed E-state index contributed by atoms with van der Waals surface area (Å²) in [7, 11) is 0. The predicted molar refractivity (Wildman–Crippen MR) is 63.5 cm³/mol. The molecule has 0 spiro atoms. The third kappa shape index (κ3) is 2.03. The lowest BCUT2D eigenvalue weighted by Gasteiger charge is -2.29. The second-order valence-electron chi connectivity index (χ2n) is 4.27. The van der Waals surface area contributed by atoms with Gasteiger partial charge in [0, 0.05) is 12.3 Å². The van der Waals surface area contributed by atoms with Crippen molar-refractivity contribution < 1.29 is 24.9 Å². The molecule has 1 aliphatic heterocycles. The van der Waals surface area contributed by atoms with Crippen LogP contribution in [0, 0.1) is 0 Å². The Labute approximate surface area is 111 Å². The highest BCUT2D eigenvalue weighted by molar-refractivity contribution is 5.48. The highest BCUT2D eigenvalue weighted by Crippen LogP contribution is 2.35. The fourth-order valence-corrected chi connectivity index (χ4v) is 2.14. The van der Waals surface area contributed by atoms with Gasteiger partial charge in [0.05, 0.1) is 12.7 Å². The van der Waals surface area contributed by atoms with Gasteiger partial charge in [-0.2, -0.15) is 0 Å². The number of nitrogens with one attached hydrogen (secondary N) is 1. The van der Waals surface area contributed by atoms with Gasteiger partial charge < -0.3 is 20.1 Å². The van der Waals surface area contributed by atoms with Gasteiger partial charge >= 0.3 is 5.69 Å². The lowest BCUT2D eigenvalue weighted by molar-refractivity contribution is -0.114. The summed E-state index contributed by atoms with van der Waals surface area (Å²) in [6.45, 7) is -0.634. The van der Waals surface area contributed by atoms with Gasteiger partial charge in [0.1, 0.15) is 24.3 Å². The molecule has 0 aliphatic carbocycles. The molecule has 1 aromatic heterocycles. The zero-order valence-electron chi connectivity index (χ0n) is 10.1. The number of ether oxygens (including phenoxy) is 1. The van der Waals surface area contributed by atoms with Crippen molar-refractivity contribution in [1.29, 1.82) is 0 Å². The minimum Gasteiger partial charge on any atom is -0.394 e. The van der Waals surface area contributed by atoms with Gasteiger partial charge in [-0.15, -0.1) is 0 Å². The SMILES string of the molecule is O=C=C[C@@]1(n2ccc(=O)[nH]c2=O)O[C@H](CO)[C@@H](O)[C@H]1O. The maximum Gasteiger partial charge on any atom is 0.331 e. The number of hydrogen-bond donors (Lipinski definition) is 4. The summed E-state index contributed by atoms with van der Waals surface area (Å²) in [6.07, 6.45) is -2.72. The lowest BCUT2D eigenvalue weighted by Crippen LogP contribution is -2.50. The fraction of sp³-hybridized carbons (Fsp3) is 0.455. The first-order valence-electron chi connectivity index (χ1n) is 5.65. The Morgan fingerprint density at radius 3 is 2.70 bits per heavy atom. The second kappa shape index (κ2) is 5.16. The molecule has 1 aromatic rings. The Balaban J connectivity index is 2.65. The van der Waals surface area contributed by atoms with Crippen molar-refractivity contribution in [2.75, 3.05) is 6.61 Å². The molecule has 4 N–H and O–H groups in total. The topological polar surface area (TPSA) is 142 Å². The zero-order chi connectivity index (χ0) is 14.9. The maximum absolute atomic E-state index is 11.8. The van der Waals surface area contributed by atoms with Crippen LogP contribution in [0.1, 0.15) is 0 Å². The number of aliphatic hydroxyl groups excluding tert-OH is 3. The van der Waals surface area contributed by atoms with Crippen LogP contribution in [-0.4, -0.2) is 55.7 Å². The van der Waals surface area contributed by atoms with Gasteiger partial charge in [-0.3, -0.25) is 14.3 Å². The van der Waals surface area contributed by atoms with E-state index in [1.165, 1.54) is 5.94 Å². The number of aliphatic hydroxyl groups is 3. The van der Waals surface area contributed by atoms with E-state index in [1.54, 1.807) is 0 Å². The van der Waals surface area contributed by atoms with Crippen molar-refractivity contribution in [3.8, 4) is 0 Å². The van der Waals surface area contributed by atoms with E-state index in [-0.39, 0.29) is 0 Å². The largest absolute Gasteiger partial charge is 0.394 e. The van der Waals surface area contributed by atoms with Crippen molar-refractivity contribution in [2.24, 2.45) is 0 Å². The van der Waals surface area contributed by atoms with Crippen LogP contribution in [0.4, 0.5) is 0 Å². The Morgan fingerprint density at radius 2 is 2.20 bits per heavy atom. The van der Waals surface area contributed by atoms with Crippen LogP contribution in [0.3, 0.4) is 0 Å². The van der Waals surface area contributed by atoms with Crippen molar-refractivity contribution in [2.45, 2.75) is 24.0 Å². The molecule has 108 valence electrons. The third-order valence-electron chi connectivity index (χ3n) is 3.11. The monoisotopic (exact) mass is 284 g/mol. The average Bonchev–Trinajstić information content (AvgIpc) is 2.65. The lowest BCUT2D eigenvalue weighted by atomic mass is 10.0. The summed E-state index contributed by atoms with van der Waals surface area (Å²) in [5, 5.41) is 28.9. The van der Waals surface area contributed by atoms with Crippen molar-refractivity contribution in [3.63, 3.8) is 0 Å². The number of nitrogens with zero attached hydrogens (tertiary/aromatic N) is 1. The van der Waals surface area contributed by atoms with Gasteiger partial charge in [-0.1, -0.05) is 0 Å². The number of aromatic nitrogens is 2. The van der Waals surface area contributed by atoms with Crippen LogP contribution in [0.15, 0.2) is 27.9 Å². The summed E-state index contributed by atoms with van der Waals surface area (Å²) < 4.78 is 5.98. The first kappa shape index (κ1) is 14.4. The smallest absolute Gasteiger partial charge is 0.331 e. The normalized spacial score (nSPS) is 32.9. The van der Waals surface area contributed by atoms with Crippen molar-refractivity contribution in [3.05, 3.63) is 39.2 Å². The number of aromatic amines is 1. The number of carbonyl (C=O) groups excluding carboxylic acids is 1. The summed E-state index contributed by atoms with van der Waals surface area (Å²) in [5.41, 5.74) is -3.67. The second-order valence-corrected chi connectivity index (χ2v) is 4.27. The minimum absolute atomic E-state index is 0.634. The Hall–Kier alpha value is -2.03. The van der Waals surface area contributed by atoms with Crippen LogP contribution in [0.25, 0.3) is 0 Å². The number of hydrogen-bond acceptors (Lipinski definition) is 7. The molecule has 2 rings (SSSR count). The number of H-pyrrole nitrogens is 1. The van der Waals surface area contributed by atoms with Gasteiger partial charge in [0.25, 0.3) is 5.56 Å². The molecule has 9 nitrogen and oxygen atoms in total. The summed E-state index contributed by atoms with van der Waals surface area (Å²) in [5.74, 6) is 1.38. The molecule has 0 radical (unpaired) electrons. The molecule has 20 heavy (non-hydrogen) atoms. The van der Waals surface area contributed by atoms with E-state index in [0.717, 1.165) is 16.8 Å². The zero-order valence-corrected chi connectivity index (χ0v) is 10.1. The van der Waals surface area contributed by atoms with E-state index >= 15 is 0 Å². The molecule has 0 saturated carbocycles. The Morgan fingerprint density at radius 1 is 1.50 bits per heavy atom. The van der Waals surface area contributed by atoms with Crippen LogP contribution >= 0.6 is 0 Å². The Bertz CT molecular complexity index is 659. The first-order chi connectivity index (χ1) is 9.46. The fourth-order valence-electron chi connectivity index (χ4n) is 2.14. The van der Waals surface area contributed by atoms with Crippen LogP contribution in [-0.2, 0) is 15.3 Å². The van der Waals surface area contributed by atoms with Crippen molar-refractivity contribution >= 4 is 5.94 Å². The van der Waals surface area contributed by atoms with Gasteiger partial charge in [0.2, 0.25) is 5.72 Å². The standard InChI is InChI=1S/C11H12N2O7/c14-4-2-11(9(18)8(17)6(5-15)20-11)13-3-1-7(16)12-10(13)19/h1-3,6,8-9,15,17-18H,5H2,(H,12,16,19)/t6-,8-,9-,11-/m1/s1. The maximum atomic E-state index is 11.8. The van der Waals surface area contributed by atoms with E-state index < -0.39 is 41.9 Å². The van der Waals surface area contributed by atoms with Gasteiger partial charge in [-0.25, -0.2) is 9.59 Å². The van der Waals surface area contributed by atoms with E-state index in [2.05, 4.69) is 0 Å².